The van der Waals surface area contributed by atoms with E-state index >= 15 is 0 Å². The molecule has 2 heterocycles. The van der Waals surface area contributed by atoms with Gasteiger partial charge in [-0.1, -0.05) is 11.6 Å². The van der Waals surface area contributed by atoms with Crippen LogP contribution >= 0.6 is 39.3 Å². The lowest BCUT2D eigenvalue weighted by molar-refractivity contribution is 0.581. The van der Waals surface area contributed by atoms with Gasteiger partial charge in [0.15, 0.2) is 5.15 Å². The normalized spacial score (nSPS) is 21.4. The molecule has 76 valence electrons. The monoisotopic (exact) mass is 292 g/mol. The van der Waals surface area contributed by atoms with Crippen molar-refractivity contribution in [2.45, 2.75) is 12.8 Å². The van der Waals surface area contributed by atoms with Crippen molar-refractivity contribution in [1.29, 1.82) is 0 Å². The molecule has 1 aliphatic heterocycles. The Morgan fingerprint density at radius 2 is 2.43 bits per heavy atom. The van der Waals surface area contributed by atoms with E-state index in [-0.39, 0.29) is 0 Å². The van der Waals surface area contributed by atoms with Gasteiger partial charge in [-0.25, -0.2) is 0 Å². The molecule has 0 aromatic carbocycles. The summed E-state index contributed by atoms with van der Waals surface area (Å²) in [4.78, 5) is 0. The van der Waals surface area contributed by atoms with Crippen LogP contribution in [-0.4, -0.2) is 21.7 Å². The fraction of sp³-hybridized carbons (Fsp3) is 0.556. The summed E-state index contributed by atoms with van der Waals surface area (Å²) < 4.78 is 0.842. The molecule has 1 aromatic rings. The highest BCUT2D eigenvalue weighted by Crippen LogP contribution is 2.27. The molecule has 0 N–H and O–H groups in total. The zero-order valence-electron chi connectivity index (χ0n) is 7.54. The molecule has 0 saturated carbocycles. The molecule has 1 fully saturated rings. The van der Waals surface area contributed by atoms with Crippen molar-refractivity contribution >= 4 is 39.3 Å². The summed E-state index contributed by atoms with van der Waals surface area (Å²) in [6.07, 6.45) is 2.32. The third-order valence-electron chi connectivity index (χ3n) is 2.28. The standard InChI is InChI=1S/C9H10BrClN2S/c10-8-4-7(12-13-9(8)11)3-6-1-2-14-5-6/h4,6H,1-3,5H2. The van der Waals surface area contributed by atoms with Crippen molar-refractivity contribution in [3.63, 3.8) is 0 Å². The van der Waals surface area contributed by atoms with E-state index in [0.717, 1.165) is 22.5 Å². The number of halogens is 2. The molecule has 0 amide bonds. The molecule has 1 unspecified atom stereocenters. The van der Waals surface area contributed by atoms with Crippen LogP contribution in [0.5, 0.6) is 0 Å². The van der Waals surface area contributed by atoms with Gasteiger partial charge in [0.2, 0.25) is 0 Å². The topological polar surface area (TPSA) is 25.8 Å². The van der Waals surface area contributed by atoms with Gasteiger partial charge in [-0.05, 0) is 52.3 Å². The Morgan fingerprint density at radius 3 is 3.07 bits per heavy atom. The van der Waals surface area contributed by atoms with Gasteiger partial charge in [0, 0.05) is 0 Å². The maximum atomic E-state index is 5.77. The Kier molecular flexibility index (Phi) is 3.68. The first-order valence-electron chi connectivity index (χ1n) is 4.51. The van der Waals surface area contributed by atoms with E-state index in [0.29, 0.717) is 5.15 Å². The lowest BCUT2D eigenvalue weighted by Crippen LogP contribution is -2.05. The minimum absolute atomic E-state index is 0.439. The van der Waals surface area contributed by atoms with Crippen molar-refractivity contribution in [2.24, 2.45) is 5.92 Å². The Bertz CT molecular complexity index is 329. The zero-order chi connectivity index (χ0) is 9.97. The Hall–Kier alpha value is 0.200. The molecule has 1 saturated heterocycles. The summed E-state index contributed by atoms with van der Waals surface area (Å²) >= 11 is 11.2. The third-order valence-corrected chi connectivity index (χ3v) is 4.62. The summed E-state index contributed by atoms with van der Waals surface area (Å²) in [5.74, 6) is 3.30. The summed E-state index contributed by atoms with van der Waals surface area (Å²) in [5.41, 5.74) is 1.04. The van der Waals surface area contributed by atoms with Crippen molar-refractivity contribution in [1.82, 2.24) is 10.2 Å². The molecule has 14 heavy (non-hydrogen) atoms. The lowest BCUT2D eigenvalue weighted by atomic mass is 10.0. The second kappa shape index (κ2) is 4.81. The van der Waals surface area contributed by atoms with Gasteiger partial charge in [-0.15, -0.1) is 5.10 Å². The number of nitrogens with zero attached hydrogens (tertiary/aromatic N) is 2. The van der Waals surface area contributed by atoms with Gasteiger partial charge in [0.05, 0.1) is 10.2 Å². The van der Waals surface area contributed by atoms with Crippen LogP contribution in [0.3, 0.4) is 0 Å². The van der Waals surface area contributed by atoms with E-state index in [1.807, 2.05) is 17.8 Å². The molecular weight excluding hydrogens is 284 g/mol. The van der Waals surface area contributed by atoms with Crippen LogP contribution in [0.25, 0.3) is 0 Å². The minimum Gasteiger partial charge on any atom is -0.162 e. The molecule has 1 aromatic heterocycles. The van der Waals surface area contributed by atoms with E-state index in [9.17, 15) is 0 Å². The smallest absolute Gasteiger partial charge is 0.162 e. The van der Waals surface area contributed by atoms with E-state index in [1.165, 1.54) is 17.9 Å². The molecule has 1 aliphatic rings. The highest BCUT2D eigenvalue weighted by atomic mass is 79.9. The quantitative estimate of drug-likeness (QED) is 0.837. The molecule has 2 rings (SSSR count). The van der Waals surface area contributed by atoms with Crippen molar-refractivity contribution in [3.8, 4) is 0 Å². The fourth-order valence-electron chi connectivity index (χ4n) is 1.53. The van der Waals surface area contributed by atoms with Gasteiger partial charge in [0.1, 0.15) is 0 Å². The maximum absolute atomic E-state index is 5.77. The average molecular weight is 294 g/mol. The Balaban J connectivity index is 2.05. The van der Waals surface area contributed by atoms with E-state index in [4.69, 9.17) is 11.6 Å². The predicted octanol–water partition coefficient (Wildman–Crippen LogP) is 3.19. The summed E-state index contributed by atoms with van der Waals surface area (Å²) in [7, 11) is 0. The minimum atomic E-state index is 0.439. The van der Waals surface area contributed by atoms with Crippen molar-refractivity contribution in [2.75, 3.05) is 11.5 Å². The maximum Gasteiger partial charge on any atom is 0.165 e. The first kappa shape index (κ1) is 10.7. The summed E-state index contributed by atoms with van der Waals surface area (Å²) in [6.45, 7) is 0. The second-order valence-electron chi connectivity index (χ2n) is 3.41. The first-order chi connectivity index (χ1) is 6.75. The second-order valence-corrected chi connectivity index (χ2v) is 5.77. The number of hydrogen-bond donors (Lipinski definition) is 0. The molecular formula is C9H10BrClN2S. The van der Waals surface area contributed by atoms with Gasteiger partial charge in [-0.2, -0.15) is 16.9 Å². The van der Waals surface area contributed by atoms with Crippen LogP contribution in [0.2, 0.25) is 5.15 Å². The Morgan fingerprint density at radius 1 is 1.57 bits per heavy atom. The predicted molar refractivity (Wildman–Crippen MR) is 63.9 cm³/mol. The van der Waals surface area contributed by atoms with Crippen LogP contribution in [0.4, 0.5) is 0 Å². The van der Waals surface area contributed by atoms with E-state index in [2.05, 4.69) is 26.1 Å². The van der Waals surface area contributed by atoms with Crippen molar-refractivity contribution in [3.05, 3.63) is 21.4 Å². The lowest BCUT2D eigenvalue weighted by Gasteiger charge is -2.06. The van der Waals surface area contributed by atoms with Gasteiger partial charge >= 0.3 is 0 Å². The first-order valence-corrected chi connectivity index (χ1v) is 6.83. The number of aromatic nitrogens is 2. The summed E-state index contributed by atoms with van der Waals surface area (Å²) in [5, 5.41) is 8.40. The number of hydrogen-bond acceptors (Lipinski definition) is 3. The molecule has 2 nitrogen and oxygen atoms in total. The van der Waals surface area contributed by atoms with Gasteiger partial charge in [-0.3, -0.25) is 0 Å². The molecule has 0 bridgehead atoms. The molecule has 0 radical (unpaired) electrons. The summed E-state index contributed by atoms with van der Waals surface area (Å²) in [6, 6.07) is 1.97. The van der Waals surface area contributed by atoms with Crippen LogP contribution in [0.1, 0.15) is 12.1 Å². The molecule has 0 spiro atoms. The van der Waals surface area contributed by atoms with E-state index in [1.54, 1.807) is 0 Å². The largest absolute Gasteiger partial charge is 0.165 e. The number of thioether (sulfide) groups is 1. The van der Waals surface area contributed by atoms with Crippen molar-refractivity contribution < 1.29 is 0 Å². The van der Waals surface area contributed by atoms with E-state index < -0.39 is 0 Å². The molecule has 0 aliphatic carbocycles. The molecule has 5 heteroatoms. The zero-order valence-corrected chi connectivity index (χ0v) is 10.7. The number of rotatable bonds is 2. The van der Waals surface area contributed by atoms with Gasteiger partial charge < -0.3 is 0 Å². The average Bonchev–Trinajstić information content (AvgIpc) is 2.64. The third kappa shape index (κ3) is 2.61. The highest BCUT2D eigenvalue weighted by molar-refractivity contribution is 9.10. The van der Waals surface area contributed by atoms with Crippen LogP contribution in [-0.2, 0) is 6.42 Å². The fourth-order valence-corrected chi connectivity index (χ4v) is 3.25. The van der Waals surface area contributed by atoms with Crippen LogP contribution in [0, 0.1) is 5.92 Å². The van der Waals surface area contributed by atoms with Crippen LogP contribution in [0.15, 0.2) is 10.5 Å². The van der Waals surface area contributed by atoms with Crippen LogP contribution < -0.4 is 0 Å². The highest BCUT2D eigenvalue weighted by Gasteiger charge is 2.17. The Labute approximate surface area is 101 Å². The van der Waals surface area contributed by atoms with Gasteiger partial charge in [0.25, 0.3) is 0 Å². The SMILES string of the molecule is Clc1nnc(CC2CCSC2)cc1Br. The molecule has 1 atom stereocenters.